The van der Waals surface area contributed by atoms with Crippen molar-refractivity contribution in [3.05, 3.63) is 71.5 Å². The van der Waals surface area contributed by atoms with Crippen LogP contribution in [-0.2, 0) is 0 Å². The molecule has 0 atom stereocenters. The number of amides is 3. The van der Waals surface area contributed by atoms with Crippen molar-refractivity contribution in [2.45, 2.75) is 76.7 Å². The van der Waals surface area contributed by atoms with Crippen LogP contribution in [0.15, 0.2) is 54.7 Å². The molecule has 3 fully saturated rings. The van der Waals surface area contributed by atoms with Crippen molar-refractivity contribution in [1.29, 1.82) is 0 Å². The molecule has 1 saturated carbocycles. The van der Waals surface area contributed by atoms with E-state index in [1.165, 1.54) is 63.6 Å². The lowest BCUT2D eigenvalue weighted by molar-refractivity contribution is 0.0996. The first-order valence-electron chi connectivity index (χ1n) is 16.0. The lowest BCUT2D eigenvalue weighted by Crippen LogP contribution is -2.39. The van der Waals surface area contributed by atoms with Gasteiger partial charge in [-0.2, -0.15) is 0 Å². The molecule has 6 rings (SSSR count). The summed E-state index contributed by atoms with van der Waals surface area (Å²) in [4.78, 5) is 36.3. The average Bonchev–Trinajstić information content (AvgIpc) is 3.57. The molecule has 0 unspecified atom stereocenters. The Labute approximate surface area is 260 Å². The molecule has 44 heavy (non-hydrogen) atoms. The van der Waals surface area contributed by atoms with E-state index >= 15 is 0 Å². The van der Waals surface area contributed by atoms with Crippen molar-refractivity contribution in [3.63, 3.8) is 0 Å². The Bertz CT molecular complexity index is 1390. The number of piperidine rings is 2. The van der Waals surface area contributed by atoms with Gasteiger partial charge in [-0.1, -0.05) is 37.1 Å². The van der Waals surface area contributed by atoms with Crippen LogP contribution in [0.4, 0.5) is 27.8 Å². The molecule has 3 aromatic rings. The Morgan fingerprint density at radius 3 is 2.18 bits per heavy atom. The standard InChI is InChI=1S/C26H36N6O.C8H10N2O/c27-25(33)24-26(30-23(18-28-24)32-14-4-1-5-15-32)29-21-10-8-19(9-11-21)20-12-16-31(17-13-20)22-6-2-3-7-22;1-6-3-2-4-7(5-6)10-8(9)11/h8-11,18,20,22H,1-7,12-17H2,(H2,27,33)(H,29,30);2-5H,1H3,(H3,9,10,11). The number of benzene rings is 2. The third-order valence-corrected chi connectivity index (χ3v) is 8.97. The number of nitrogens with one attached hydrogen (secondary N) is 2. The number of carbonyl (C=O) groups excluding carboxylic acids is 2. The minimum Gasteiger partial charge on any atom is -0.364 e. The van der Waals surface area contributed by atoms with Gasteiger partial charge in [0.25, 0.3) is 5.91 Å². The third kappa shape index (κ3) is 8.47. The van der Waals surface area contributed by atoms with Crippen LogP contribution in [0.25, 0.3) is 0 Å². The first-order chi connectivity index (χ1) is 21.4. The summed E-state index contributed by atoms with van der Waals surface area (Å²) in [5.41, 5.74) is 14.8. The molecule has 0 spiro atoms. The molecule has 3 aliphatic rings. The van der Waals surface area contributed by atoms with Crippen LogP contribution < -0.4 is 27.0 Å². The van der Waals surface area contributed by atoms with Crippen LogP contribution in [0.3, 0.4) is 0 Å². The number of carbonyl (C=O) groups is 2. The van der Waals surface area contributed by atoms with E-state index in [2.05, 4.69) is 49.7 Å². The number of hydrogen-bond acceptors (Lipinski definition) is 7. The van der Waals surface area contributed by atoms with Crippen molar-refractivity contribution >= 4 is 34.9 Å². The molecule has 0 bridgehead atoms. The van der Waals surface area contributed by atoms with Gasteiger partial charge in [0, 0.05) is 30.5 Å². The maximum Gasteiger partial charge on any atom is 0.316 e. The lowest BCUT2D eigenvalue weighted by atomic mass is 9.88. The van der Waals surface area contributed by atoms with Gasteiger partial charge in [-0.15, -0.1) is 0 Å². The molecule has 2 aromatic carbocycles. The van der Waals surface area contributed by atoms with E-state index < -0.39 is 11.9 Å². The maximum atomic E-state index is 11.9. The van der Waals surface area contributed by atoms with E-state index in [4.69, 9.17) is 16.5 Å². The van der Waals surface area contributed by atoms with Crippen molar-refractivity contribution in [2.75, 3.05) is 41.7 Å². The van der Waals surface area contributed by atoms with Crippen LogP contribution in [-0.4, -0.2) is 59.0 Å². The average molecular weight is 599 g/mol. The van der Waals surface area contributed by atoms with Gasteiger partial charge in [0.15, 0.2) is 11.5 Å². The Balaban J connectivity index is 0.000000296. The van der Waals surface area contributed by atoms with E-state index in [9.17, 15) is 9.59 Å². The molecular formula is C34H46N8O2. The number of rotatable bonds is 7. The second kappa shape index (κ2) is 15.0. The maximum absolute atomic E-state index is 11.9. The molecule has 2 saturated heterocycles. The van der Waals surface area contributed by atoms with Crippen LogP contribution in [0.1, 0.15) is 85.3 Å². The van der Waals surface area contributed by atoms with Crippen LogP contribution >= 0.6 is 0 Å². The number of anilines is 4. The zero-order chi connectivity index (χ0) is 30.9. The zero-order valence-electron chi connectivity index (χ0n) is 25.8. The van der Waals surface area contributed by atoms with Crippen LogP contribution in [0.2, 0.25) is 0 Å². The molecule has 10 heteroatoms. The summed E-state index contributed by atoms with van der Waals surface area (Å²) in [6.07, 6.45) is 13.3. The fourth-order valence-corrected chi connectivity index (χ4v) is 6.63. The fourth-order valence-electron chi connectivity index (χ4n) is 6.63. The smallest absolute Gasteiger partial charge is 0.316 e. The number of urea groups is 1. The highest BCUT2D eigenvalue weighted by atomic mass is 16.2. The number of aryl methyl sites for hydroxylation is 1. The second-order valence-corrected chi connectivity index (χ2v) is 12.2. The van der Waals surface area contributed by atoms with Gasteiger partial charge < -0.3 is 31.9 Å². The number of hydrogen-bond donors (Lipinski definition) is 4. The van der Waals surface area contributed by atoms with E-state index in [1.807, 2.05) is 25.1 Å². The van der Waals surface area contributed by atoms with Gasteiger partial charge in [0.2, 0.25) is 0 Å². The predicted molar refractivity (Wildman–Crippen MR) is 177 cm³/mol. The normalized spacial score (nSPS) is 17.9. The van der Waals surface area contributed by atoms with E-state index in [1.54, 1.807) is 12.3 Å². The van der Waals surface area contributed by atoms with Crippen LogP contribution in [0, 0.1) is 6.92 Å². The van der Waals surface area contributed by atoms with Crippen molar-refractivity contribution in [2.24, 2.45) is 11.5 Å². The molecule has 2 aliphatic heterocycles. The summed E-state index contributed by atoms with van der Waals surface area (Å²) in [7, 11) is 0. The monoisotopic (exact) mass is 598 g/mol. The van der Waals surface area contributed by atoms with E-state index in [0.29, 0.717) is 11.7 Å². The summed E-state index contributed by atoms with van der Waals surface area (Å²) < 4.78 is 0. The Hall–Kier alpha value is -4.18. The highest BCUT2D eigenvalue weighted by Gasteiger charge is 2.27. The van der Waals surface area contributed by atoms with Gasteiger partial charge in [-0.3, -0.25) is 4.79 Å². The summed E-state index contributed by atoms with van der Waals surface area (Å²) in [5.74, 6) is 1.29. The third-order valence-electron chi connectivity index (χ3n) is 8.97. The largest absolute Gasteiger partial charge is 0.364 e. The Kier molecular flexibility index (Phi) is 10.7. The quantitative estimate of drug-likeness (QED) is 0.265. The Morgan fingerprint density at radius 1 is 0.841 bits per heavy atom. The lowest BCUT2D eigenvalue weighted by Gasteiger charge is -2.36. The fraction of sp³-hybridized carbons (Fsp3) is 0.471. The van der Waals surface area contributed by atoms with Crippen molar-refractivity contribution in [1.82, 2.24) is 14.9 Å². The summed E-state index contributed by atoms with van der Waals surface area (Å²) >= 11 is 0. The summed E-state index contributed by atoms with van der Waals surface area (Å²) in [6, 6.07) is 16.3. The molecular weight excluding hydrogens is 552 g/mol. The molecule has 10 nitrogen and oxygen atoms in total. The second-order valence-electron chi connectivity index (χ2n) is 12.2. The van der Waals surface area contributed by atoms with E-state index in [0.717, 1.165) is 54.7 Å². The highest BCUT2D eigenvalue weighted by Crippen LogP contribution is 2.33. The molecule has 1 aromatic heterocycles. The summed E-state index contributed by atoms with van der Waals surface area (Å²) in [6.45, 7) is 6.33. The molecule has 1 aliphatic carbocycles. The molecule has 3 heterocycles. The van der Waals surface area contributed by atoms with Crippen molar-refractivity contribution < 1.29 is 9.59 Å². The van der Waals surface area contributed by atoms with Gasteiger partial charge in [-0.05, 0) is 106 Å². The number of likely N-dealkylation sites (tertiary alicyclic amines) is 1. The van der Waals surface area contributed by atoms with Gasteiger partial charge in [-0.25, -0.2) is 14.8 Å². The number of aromatic nitrogens is 2. The van der Waals surface area contributed by atoms with Crippen LogP contribution in [0.5, 0.6) is 0 Å². The predicted octanol–water partition coefficient (Wildman–Crippen LogP) is 5.92. The van der Waals surface area contributed by atoms with Gasteiger partial charge >= 0.3 is 6.03 Å². The molecule has 3 amide bonds. The first kappa shape index (κ1) is 31.3. The van der Waals surface area contributed by atoms with Gasteiger partial charge in [0.1, 0.15) is 5.82 Å². The topological polar surface area (TPSA) is 142 Å². The molecule has 0 radical (unpaired) electrons. The SMILES string of the molecule is Cc1cccc(NC(N)=O)c1.NC(=O)c1ncc(N2CCCCC2)nc1Nc1ccc(C2CCN(C3CCCC3)CC2)cc1. The highest BCUT2D eigenvalue weighted by molar-refractivity contribution is 5.96. The van der Waals surface area contributed by atoms with Crippen molar-refractivity contribution in [3.8, 4) is 0 Å². The number of primary amides is 2. The minimum absolute atomic E-state index is 0.180. The molecule has 234 valence electrons. The Morgan fingerprint density at radius 2 is 1.55 bits per heavy atom. The minimum atomic E-state index is -0.569. The number of nitrogens with zero attached hydrogens (tertiary/aromatic N) is 4. The van der Waals surface area contributed by atoms with E-state index in [-0.39, 0.29) is 5.69 Å². The van der Waals surface area contributed by atoms with Gasteiger partial charge in [0.05, 0.1) is 6.20 Å². The zero-order valence-corrected chi connectivity index (χ0v) is 25.8. The number of nitrogens with two attached hydrogens (primary N) is 2. The first-order valence-corrected chi connectivity index (χ1v) is 16.0. The summed E-state index contributed by atoms with van der Waals surface area (Å²) in [5, 5.41) is 5.78. The molecule has 6 N–H and O–H groups in total.